The Kier molecular flexibility index (Phi) is 3.36. The number of nitrogens with zero attached hydrogens (tertiary/aromatic N) is 2. The Labute approximate surface area is 94.7 Å². The quantitative estimate of drug-likeness (QED) is 0.565. The van der Waals surface area contributed by atoms with Crippen LogP contribution in [0.1, 0.15) is 12.0 Å². The summed E-state index contributed by atoms with van der Waals surface area (Å²) in [5.74, 6) is 0.0857. The first-order valence-corrected chi connectivity index (χ1v) is 5.40. The number of amidine groups is 1. The predicted octanol–water partition coefficient (Wildman–Crippen LogP) is 0.592. The van der Waals surface area contributed by atoms with Crippen molar-refractivity contribution in [3.63, 3.8) is 0 Å². The van der Waals surface area contributed by atoms with E-state index in [4.69, 9.17) is 15.9 Å². The Bertz CT molecular complexity index is 372. The van der Waals surface area contributed by atoms with Gasteiger partial charge in [-0.1, -0.05) is 0 Å². The predicted molar refractivity (Wildman–Crippen MR) is 62.9 cm³/mol. The minimum Gasteiger partial charge on any atom is -0.384 e. The Hall–Kier alpha value is -1.62. The number of hydrogen-bond donors (Lipinski definition) is 2. The van der Waals surface area contributed by atoms with Crippen molar-refractivity contribution >= 4 is 11.5 Å². The van der Waals surface area contributed by atoms with Crippen molar-refractivity contribution in [2.24, 2.45) is 5.73 Å². The van der Waals surface area contributed by atoms with Crippen molar-refractivity contribution < 1.29 is 4.74 Å². The molecule has 5 heteroatoms. The Morgan fingerprint density at radius 3 is 3.12 bits per heavy atom. The van der Waals surface area contributed by atoms with Gasteiger partial charge < -0.3 is 15.4 Å². The lowest BCUT2D eigenvalue weighted by Crippen LogP contribution is -2.28. The maximum Gasteiger partial charge on any atom is 0.125 e. The molecule has 86 valence electrons. The molecule has 1 aliphatic rings. The van der Waals surface area contributed by atoms with Crippen LogP contribution in [-0.2, 0) is 4.74 Å². The van der Waals surface area contributed by atoms with Gasteiger partial charge in [0.15, 0.2) is 0 Å². The number of anilines is 1. The van der Waals surface area contributed by atoms with E-state index in [9.17, 15) is 0 Å². The van der Waals surface area contributed by atoms with Crippen molar-refractivity contribution in [2.75, 3.05) is 31.2 Å². The number of nitrogens with one attached hydrogen (secondary N) is 1. The van der Waals surface area contributed by atoms with Gasteiger partial charge in [-0.3, -0.25) is 10.4 Å². The molecule has 1 aliphatic heterocycles. The van der Waals surface area contributed by atoms with Crippen LogP contribution < -0.4 is 10.6 Å². The topological polar surface area (TPSA) is 75.2 Å². The monoisotopic (exact) mass is 220 g/mol. The van der Waals surface area contributed by atoms with Crippen LogP contribution in [0.15, 0.2) is 18.5 Å². The summed E-state index contributed by atoms with van der Waals surface area (Å²) < 4.78 is 5.40. The average Bonchev–Trinajstić information content (AvgIpc) is 2.57. The van der Waals surface area contributed by atoms with Crippen LogP contribution in [0.25, 0.3) is 0 Å². The zero-order valence-electron chi connectivity index (χ0n) is 9.15. The first kappa shape index (κ1) is 10.9. The fourth-order valence-electron chi connectivity index (χ4n) is 1.85. The summed E-state index contributed by atoms with van der Waals surface area (Å²) in [6.07, 6.45) is 4.42. The molecule has 0 unspecified atom stereocenters. The highest BCUT2D eigenvalue weighted by molar-refractivity contribution is 6.00. The number of rotatable bonds is 2. The molecule has 0 aliphatic carbocycles. The van der Waals surface area contributed by atoms with E-state index in [1.807, 2.05) is 0 Å². The lowest BCUT2D eigenvalue weighted by molar-refractivity contribution is 0.152. The summed E-state index contributed by atoms with van der Waals surface area (Å²) >= 11 is 0. The third kappa shape index (κ3) is 2.30. The van der Waals surface area contributed by atoms with Gasteiger partial charge in [0.25, 0.3) is 0 Å². The number of aromatic nitrogens is 1. The van der Waals surface area contributed by atoms with Crippen LogP contribution in [0.4, 0.5) is 5.69 Å². The van der Waals surface area contributed by atoms with E-state index in [0.717, 1.165) is 37.4 Å². The standard InChI is InChI=1S/C11H16N4O/c12-11(13)9-2-3-14-8-10(9)15-4-1-6-16-7-5-15/h2-3,8H,1,4-7H2,(H3,12,13). The zero-order valence-corrected chi connectivity index (χ0v) is 9.15. The lowest BCUT2D eigenvalue weighted by atomic mass is 10.2. The van der Waals surface area contributed by atoms with Crippen LogP contribution in [-0.4, -0.2) is 37.1 Å². The van der Waals surface area contributed by atoms with Gasteiger partial charge in [-0.25, -0.2) is 0 Å². The van der Waals surface area contributed by atoms with Crippen LogP contribution in [0.2, 0.25) is 0 Å². The van der Waals surface area contributed by atoms with Gasteiger partial charge in [-0.05, 0) is 12.5 Å². The van der Waals surface area contributed by atoms with Gasteiger partial charge in [-0.15, -0.1) is 0 Å². The van der Waals surface area contributed by atoms with E-state index >= 15 is 0 Å². The summed E-state index contributed by atoms with van der Waals surface area (Å²) in [6.45, 7) is 3.26. The van der Waals surface area contributed by atoms with Gasteiger partial charge in [0.05, 0.1) is 18.5 Å². The minimum absolute atomic E-state index is 0.0857. The highest BCUT2D eigenvalue weighted by atomic mass is 16.5. The van der Waals surface area contributed by atoms with Crippen LogP contribution >= 0.6 is 0 Å². The molecule has 5 nitrogen and oxygen atoms in total. The van der Waals surface area contributed by atoms with Crippen molar-refractivity contribution in [2.45, 2.75) is 6.42 Å². The SMILES string of the molecule is N=C(N)c1ccncc1N1CCCOCC1. The highest BCUT2D eigenvalue weighted by Crippen LogP contribution is 2.19. The summed E-state index contributed by atoms with van der Waals surface area (Å²) in [5.41, 5.74) is 7.24. The molecule has 0 spiro atoms. The molecule has 0 atom stereocenters. The van der Waals surface area contributed by atoms with Gasteiger partial charge in [0, 0.05) is 31.5 Å². The van der Waals surface area contributed by atoms with E-state index in [1.54, 1.807) is 18.5 Å². The molecule has 0 aromatic carbocycles. The molecular weight excluding hydrogens is 204 g/mol. The maximum absolute atomic E-state index is 7.54. The largest absolute Gasteiger partial charge is 0.384 e. The Balaban J connectivity index is 2.27. The van der Waals surface area contributed by atoms with E-state index in [1.165, 1.54) is 0 Å². The molecule has 2 rings (SSSR count). The van der Waals surface area contributed by atoms with E-state index in [0.29, 0.717) is 6.61 Å². The zero-order chi connectivity index (χ0) is 11.4. The molecular formula is C11H16N4O. The first-order valence-electron chi connectivity index (χ1n) is 5.40. The van der Waals surface area contributed by atoms with E-state index in [2.05, 4.69) is 9.88 Å². The molecule has 1 aromatic rings. The van der Waals surface area contributed by atoms with Gasteiger partial charge in [0.2, 0.25) is 0 Å². The molecule has 0 amide bonds. The van der Waals surface area contributed by atoms with Crippen molar-refractivity contribution in [3.05, 3.63) is 24.0 Å². The van der Waals surface area contributed by atoms with Crippen molar-refractivity contribution in [3.8, 4) is 0 Å². The smallest absolute Gasteiger partial charge is 0.125 e. The Morgan fingerprint density at radius 1 is 1.44 bits per heavy atom. The normalized spacial score (nSPS) is 16.9. The Morgan fingerprint density at radius 2 is 2.31 bits per heavy atom. The number of nitrogen functional groups attached to an aromatic ring is 1. The summed E-state index contributed by atoms with van der Waals surface area (Å²) in [6, 6.07) is 1.78. The second kappa shape index (κ2) is 4.94. The van der Waals surface area contributed by atoms with Crippen molar-refractivity contribution in [1.82, 2.24) is 4.98 Å². The number of hydrogen-bond acceptors (Lipinski definition) is 4. The molecule has 1 aromatic heterocycles. The number of ether oxygens (including phenoxy) is 1. The number of nitrogens with two attached hydrogens (primary N) is 1. The summed E-state index contributed by atoms with van der Waals surface area (Å²) in [4.78, 5) is 6.28. The van der Waals surface area contributed by atoms with Crippen LogP contribution in [0, 0.1) is 5.41 Å². The van der Waals surface area contributed by atoms with Gasteiger partial charge >= 0.3 is 0 Å². The van der Waals surface area contributed by atoms with E-state index < -0.39 is 0 Å². The van der Waals surface area contributed by atoms with Crippen LogP contribution in [0.5, 0.6) is 0 Å². The molecule has 0 saturated carbocycles. The third-order valence-corrected chi connectivity index (χ3v) is 2.65. The van der Waals surface area contributed by atoms with Gasteiger partial charge in [-0.2, -0.15) is 0 Å². The highest BCUT2D eigenvalue weighted by Gasteiger charge is 2.14. The number of pyridine rings is 1. The fraction of sp³-hybridized carbons (Fsp3) is 0.455. The molecule has 3 N–H and O–H groups in total. The molecule has 2 heterocycles. The van der Waals surface area contributed by atoms with Crippen molar-refractivity contribution in [1.29, 1.82) is 5.41 Å². The van der Waals surface area contributed by atoms with Gasteiger partial charge in [0.1, 0.15) is 5.84 Å². The molecule has 1 saturated heterocycles. The third-order valence-electron chi connectivity index (χ3n) is 2.65. The molecule has 1 fully saturated rings. The second-order valence-corrected chi connectivity index (χ2v) is 3.76. The fourth-order valence-corrected chi connectivity index (χ4v) is 1.85. The molecule has 0 radical (unpaired) electrons. The molecule has 0 bridgehead atoms. The van der Waals surface area contributed by atoms with Crippen LogP contribution in [0.3, 0.4) is 0 Å². The minimum atomic E-state index is 0.0857. The lowest BCUT2D eigenvalue weighted by Gasteiger charge is -2.23. The molecule has 16 heavy (non-hydrogen) atoms. The van der Waals surface area contributed by atoms with E-state index in [-0.39, 0.29) is 5.84 Å². The second-order valence-electron chi connectivity index (χ2n) is 3.76. The summed E-state index contributed by atoms with van der Waals surface area (Å²) in [7, 11) is 0. The first-order chi connectivity index (χ1) is 7.79. The average molecular weight is 220 g/mol. The summed E-state index contributed by atoms with van der Waals surface area (Å²) in [5, 5.41) is 7.54. The maximum atomic E-state index is 7.54.